The number of Topliss-reactive ketones (excluding diaryl/α,β-unsaturated/α-hetero) is 1. The number of hydrogen-bond acceptors (Lipinski definition) is 1. The lowest BCUT2D eigenvalue weighted by Gasteiger charge is -2.11. The first-order chi connectivity index (χ1) is 11.1. The van der Waals surface area contributed by atoms with Crippen LogP contribution in [-0.2, 0) is 6.42 Å². The summed E-state index contributed by atoms with van der Waals surface area (Å²) in [4.78, 5) is 15.6. The van der Waals surface area contributed by atoms with E-state index in [9.17, 15) is 13.6 Å². The smallest absolute Gasteiger partial charge is 0.163 e. The maximum absolute atomic E-state index is 14.2. The molecule has 3 aromatic rings. The molecule has 1 aliphatic rings. The Morgan fingerprint density at radius 1 is 0.957 bits per heavy atom. The van der Waals surface area contributed by atoms with E-state index in [1.165, 1.54) is 12.1 Å². The molecule has 0 radical (unpaired) electrons. The van der Waals surface area contributed by atoms with Crippen LogP contribution in [0.15, 0.2) is 36.4 Å². The van der Waals surface area contributed by atoms with Crippen LogP contribution in [0.3, 0.4) is 0 Å². The molecule has 23 heavy (non-hydrogen) atoms. The number of aryl methyl sites for hydroxylation is 1. The van der Waals surface area contributed by atoms with Crippen molar-refractivity contribution in [3.63, 3.8) is 0 Å². The van der Waals surface area contributed by atoms with Gasteiger partial charge in [-0.25, -0.2) is 8.78 Å². The van der Waals surface area contributed by atoms with E-state index in [2.05, 4.69) is 4.98 Å². The molecule has 0 fully saturated rings. The van der Waals surface area contributed by atoms with Crippen molar-refractivity contribution in [1.82, 2.24) is 4.98 Å². The van der Waals surface area contributed by atoms with Crippen molar-refractivity contribution in [3.8, 4) is 11.3 Å². The highest BCUT2D eigenvalue weighted by atomic mass is 19.1. The zero-order valence-electron chi connectivity index (χ0n) is 12.5. The fourth-order valence-electron chi connectivity index (χ4n) is 3.44. The SMILES string of the molecule is O=C1CCCCc2c(-c3ccc(F)cc3F)[nH]c3cccc1c23. The first-order valence-corrected chi connectivity index (χ1v) is 7.77. The molecule has 1 N–H and O–H groups in total. The number of H-pyrrole nitrogens is 1. The Hall–Kier alpha value is -2.49. The first kappa shape index (κ1) is 14.1. The van der Waals surface area contributed by atoms with Gasteiger partial charge >= 0.3 is 0 Å². The third-order valence-corrected chi connectivity index (χ3v) is 4.51. The van der Waals surface area contributed by atoms with E-state index >= 15 is 0 Å². The van der Waals surface area contributed by atoms with E-state index in [-0.39, 0.29) is 5.78 Å². The first-order valence-electron chi connectivity index (χ1n) is 7.77. The standard InChI is InChI=1S/C19H15F2NO/c20-11-8-9-12(15(21)10-11)19-14-4-1-2-7-17(23)13-5-3-6-16(22-19)18(13)14/h3,5-6,8-10,22H,1-2,4,7H2. The molecule has 0 aliphatic heterocycles. The van der Waals surface area contributed by atoms with Crippen LogP contribution in [0, 0.1) is 11.6 Å². The third-order valence-electron chi connectivity index (χ3n) is 4.51. The van der Waals surface area contributed by atoms with Crippen molar-refractivity contribution in [2.75, 3.05) is 0 Å². The van der Waals surface area contributed by atoms with E-state index in [1.807, 2.05) is 18.2 Å². The van der Waals surface area contributed by atoms with Crippen LogP contribution in [0.4, 0.5) is 8.78 Å². The van der Waals surface area contributed by atoms with Crippen molar-refractivity contribution < 1.29 is 13.6 Å². The van der Waals surface area contributed by atoms with Crippen molar-refractivity contribution in [3.05, 3.63) is 59.2 Å². The van der Waals surface area contributed by atoms with Crippen molar-refractivity contribution in [2.24, 2.45) is 0 Å². The highest BCUT2D eigenvalue weighted by molar-refractivity contribution is 6.10. The van der Waals surface area contributed by atoms with Gasteiger partial charge in [0.15, 0.2) is 5.78 Å². The Morgan fingerprint density at radius 3 is 2.61 bits per heavy atom. The van der Waals surface area contributed by atoms with E-state index in [4.69, 9.17) is 0 Å². The average Bonchev–Trinajstić information content (AvgIpc) is 2.88. The highest BCUT2D eigenvalue weighted by Gasteiger charge is 2.22. The lowest BCUT2D eigenvalue weighted by atomic mass is 9.91. The number of ketones is 1. The molecule has 0 amide bonds. The summed E-state index contributed by atoms with van der Waals surface area (Å²) in [5.74, 6) is -1.06. The van der Waals surface area contributed by atoms with Gasteiger partial charge in [-0.1, -0.05) is 12.1 Å². The van der Waals surface area contributed by atoms with Crippen molar-refractivity contribution in [1.29, 1.82) is 0 Å². The van der Waals surface area contributed by atoms with Gasteiger partial charge in [0.1, 0.15) is 11.6 Å². The molecule has 0 unspecified atom stereocenters. The number of nitrogens with one attached hydrogen (secondary N) is 1. The van der Waals surface area contributed by atoms with E-state index in [0.717, 1.165) is 41.8 Å². The summed E-state index contributed by atoms with van der Waals surface area (Å²) in [7, 11) is 0. The largest absolute Gasteiger partial charge is 0.354 e. The van der Waals surface area contributed by atoms with Crippen LogP contribution in [0.2, 0.25) is 0 Å². The maximum atomic E-state index is 14.2. The molecule has 2 aromatic carbocycles. The van der Waals surface area contributed by atoms with Crippen LogP contribution in [0.1, 0.15) is 35.2 Å². The molecule has 0 saturated carbocycles. The molecule has 116 valence electrons. The summed E-state index contributed by atoms with van der Waals surface area (Å²) in [6, 6.07) is 9.16. The van der Waals surface area contributed by atoms with Gasteiger partial charge in [-0.3, -0.25) is 4.79 Å². The van der Waals surface area contributed by atoms with E-state index in [0.29, 0.717) is 23.2 Å². The van der Waals surface area contributed by atoms with Crippen LogP contribution in [0.25, 0.3) is 22.2 Å². The molecule has 4 heteroatoms. The Morgan fingerprint density at radius 2 is 1.78 bits per heavy atom. The average molecular weight is 311 g/mol. The van der Waals surface area contributed by atoms with Gasteiger partial charge < -0.3 is 4.98 Å². The van der Waals surface area contributed by atoms with Gasteiger partial charge in [-0.2, -0.15) is 0 Å². The minimum Gasteiger partial charge on any atom is -0.354 e. The van der Waals surface area contributed by atoms with Gasteiger partial charge in [-0.15, -0.1) is 0 Å². The Labute approximate surface area is 132 Å². The molecule has 1 aliphatic carbocycles. The lowest BCUT2D eigenvalue weighted by molar-refractivity contribution is 0.0980. The monoisotopic (exact) mass is 311 g/mol. The highest BCUT2D eigenvalue weighted by Crippen LogP contribution is 2.36. The second-order valence-corrected chi connectivity index (χ2v) is 5.96. The van der Waals surface area contributed by atoms with Crippen molar-refractivity contribution in [2.45, 2.75) is 25.7 Å². The molecule has 1 aromatic heterocycles. The quantitative estimate of drug-likeness (QED) is 0.672. The topological polar surface area (TPSA) is 32.9 Å². The third kappa shape index (κ3) is 2.25. The summed E-state index contributed by atoms with van der Waals surface area (Å²) >= 11 is 0. The molecule has 0 atom stereocenters. The summed E-state index contributed by atoms with van der Waals surface area (Å²) in [6.45, 7) is 0. The van der Waals surface area contributed by atoms with Crippen LogP contribution < -0.4 is 0 Å². The predicted octanol–water partition coefficient (Wildman–Crippen LogP) is 5.02. The number of rotatable bonds is 1. The fourth-order valence-corrected chi connectivity index (χ4v) is 3.44. The van der Waals surface area contributed by atoms with Crippen LogP contribution in [0.5, 0.6) is 0 Å². The van der Waals surface area contributed by atoms with E-state index in [1.54, 1.807) is 0 Å². The van der Waals surface area contributed by atoms with Gasteiger partial charge in [0.05, 0.1) is 5.69 Å². The molecule has 2 nitrogen and oxygen atoms in total. The molecule has 1 heterocycles. The maximum Gasteiger partial charge on any atom is 0.163 e. The Balaban J connectivity index is 2.04. The lowest BCUT2D eigenvalue weighted by Crippen LogP contribution is -2.04. The second kappa shape index (κ2) is 5.30. The molecular formula is C19H15F2NO. The minimum atomic E-state index is -0.596. The summed E-state index contributed by atoms with van der Waals surface area (Å²) < 4.78 is 27.4. The molecular weight excluding hydrogens is 296 g/mol. The number of aromatic nitrogens is 1. The van der Waals surface area contributed by atoms with Crippen LogP contribution >= 0.6 is 0 Å². The molecule has 4 rings (SSSR count). The number of aromatic amines is 1. The van der Waals surface area contributed by atoms with Gasteiger partial charge in [0.25, 0.3) is 0 Å². The Bertz CT molecular complexity index is 927. The van der Waals surface area contributed by atoms with Crippen molar-refractivity contribution >= 4 is 16.7 Å². The zero-order chi connectivity index (χ0) is 16.0. The summed E-state index contributed by atoms with van der Waals surface area (Å²) in [5.41, 5.74) is 3.47. The van der Waals surface area contributed by atoms with Gasteiger partial charge in [0, 0.05) is 34.5 Å². The number of carbonyl (C=O) groups excluding carboxylic acids is 1. The minimum absolute atomic E-state index is 0.127. The number of benzene rings is 2. The van der Waals surface area contributed by atoms with Gasteiger partial charge in [-0.05, 0) is 43.0 Å². The number of hydrogen-bond donors (Lipinski definition) is 1. The van der Waals surface area contributed by atoms with Crippen LogP contribution in [-0.4, -0.2) is 10.8 Å². The fraction of sp³-hybridized carbons (Fsp3) is 0.211. The zero-order valence-corrected chi connectivity index (χ0v) is 12.5. The molecule has 0 bridgehead atoms. The molecule has 0 spiro atoms. The second-order valence-electron chi connectivity index (χ2n) is 5.96. The van der Waals surface area contributed by atoms with E-state index < -0.39 is 11.6 Å². The number of carbonyl (C=O) groups is 1. The number of halogens is 2. The van der Waals surface area contributed by atoms with Gasteiger partial charge in [0.2, 0.25) is 0 Å². The summed E-state index contributed by atoms with van der Waals surface area (Å²) in [5, 5.41) is 0.885. The predicted molar refractivity (Wildman–Crippen MR) is 85.5 cm³/mol. The summed E-state index contributed by atoms with van der Waals surface area (Å²) in [6.07, 6.45) is 3.02. The molecule has 0 saturated heterocycles. The Kier molecular flexibility index (Phi) is 3.26. The normalized spacial score (nSPS) is 14.8.